The molecule has 5 aromatic rings. The van der Waals surface area contributed by atoms with Gasteiger partial charge in [-0.1, -0.05) is 60.7 Å². The topological polar surface area (TPSA) is 55.8 Å². The molecule has 202 valence electrons. The number of thiophene rings is 1. The second kappa shape index (κ2) is 15.7. The molecule has 0 aliphatic carbocycles. The largest absolute Gasteiger partial charge is 0.490 e. The first kappa shape index (κ1) is 30.0. The minimum absolute atomic E-state index is 0.129. The predicted molar refractivity (Wildman–Crippen MR) is 172 cm³/mol. The molecule has 0 fully saturated rings. The van der Waals surface area contributed by atoms with E-state index in [4.69, 9.17) is 9.47 Å². The number of carbonyl (C=O) groups excluding carboxylic acids is 1. The van der Waals surface area contributed by atoms with Crippen LogP contribution < -0.4 is 9.47 Å². The number of hydrogen-bond acceptors (Lipinski definition) is 6. The number of rotatable bonds is 7. The molecule has 6 rings (SSSR count). The fourth-order valence-electron chi connectivity index (χ4n) is 3.55. The fourth-order valence-corrected chi connectivity index (χ4v) is 7.06. The number of thioether (sulfide) groups is 1. The van der Waals surface area contributed by atoms with Crippen LogP contribution in [0.15, 0.2) is 119 Å². The van der Waals surface area contributed by atoms with Crippen molar-refractivity contribution < 1.29 is 19.4 Å². The van der Waals surface area contributed by atoms with Crippen molar-refractivity contribution in [2.45, 2.75) is 11.0 Å². The van der Waals surface area contributed by atoms with Gasteiger partial charge in [0, 0.05) is 36.6 Å². The number of ether oxygens (including phenoxy) is 2. The van der Waals surface area contributed by atoms with Crippen molar-refractivity contribution in [1.29, 1.82) is 0 Å². The van der Waals surface area contributed by atoms with Crippen molar-refractivity contribution in [2.75, 3.05) is 13.2 Å². The van der Waals surface area contributed by atoms with Gasteiger partial charge in [0.2, 0.25) is 0 Å². The zero-order chi connectivity index (χ0) is 28.2. The van der Waals surface area contributed by atoms with Crippen molar-refractivity contribution in [3.63, 3.8) is 0 Å². The quantitative estimate of drug-likeness (QED) is 0.136. The molecule has 1 aromatic heterocycles. The molecule has 1 N–H and O–H groups in total. The van der Waals surface area contributed by atoms with Crippen molar-refractivity contribution in [3.8, 4) is 11.5 Å². The Morgan fingerprint density at radius 2 is 1.40 bits per heavy atom. The van der Waals surface area contributed by atoms with Crippen LogP contribution in [0.3, 0.4) is 0 Å². The molecule has 0 saturated heterocycles. The molecule has 1 aliphatic heterocycles. The Morgan fingerprint density at radius 1 is 0.800 bits per heavy atom. The minimum atomic E-state index is -0.637. The van der Waals surface area contributed by atoms with E-state index >= 15 is 0 Å². The zero-order valence-corrected chi connectivity index (χ0v) is 26.0. The zero-order valence-electron chi connectivity index (χ0n) is 21.2. The van der Waals surface area contributed by atoms with Gasteiger partial charge >= 0.3 is 0 Å². The number of benzene rings is 4. The standard InChI is InChI=1S/C16H13BrO2S.C8H4BrS.C8H8O2/c17-15-12-8-4-5-9-14(12)20-16(15)13(18)10-19-11-6-2-1-3-7-11;9-7-5-10-8-4-2-1-3-6(7)8;9-6-7-10-8-4-2-1-3-5-8/h1-9,13,18H,10H2;1-4H;1-6H,7H2/q;+1;. The maximum absolute atomic E-state index is 10.3. The van der Waals surface area contributed by atoms with Gasteiger partial charge in [-0.2, -0.15) is 0 Å². The van der Waals surface area contributed by atoms with E-state index in [0.717, 1.165) is 41.7 Å². The maximum atomic E-state index is 10.3. The summed E-state index contributed by atoms with van der Waals surface area (Å²) in [7, 11) is 0. The molecule has 40 heavy (non-hydrogen) atoms. The second-order valence-electron chi connectivity index (χ2n) is 8.22. The highest BCUT2D eigenvalue weighted by Crippen LogP contribution is 2.40. The van der Waals surface area contributed by atoms with E-state index in [9.17, 15) is 9.90 Å². The molecule has 0 amide bonds. The van der Waals surface area contributed by atoms with E-state index in [0.29, 0.717) is 0 Å². The summed E-state index contributed by atoms with van der Waals surface area (Å²) in [6.45, 7) is 0.374. The Labute approximate surface area is 258 Å². The first-order chi connectivity index (χ1) is 19.6. The van der Waals surface area contributed by atoms with Crippen LogP contribution in [0.5, 0.6) is 11.5 Å². The van der Waals surface area contributed by atoms with Crippen LogP contribution in [0.2, 0.25) is 0 Å². The number of hydrogen-bond donors (Lipinski definition) is 1. The summed E-state index contributed by atoms with van der Waals surface area (Å²) < 4.78 is 13.8. The third-order valence-corrected chi connectivity index (χ3v) is 9.61. The lowest BCUT2D eigenvalue weighted by atomic mass is 10.2. The van der Waals surface area contributed by atoms with Crippen molar-refractivity contribution in [3.05, 3.63) is 130 Å². The van der Waals surface area contributed by atoms with E-state index in [1.54, 1.807) is 23.1 Å². The predicted octanol–water partition coefficient (Wildman–Crippen LogP) is 9.33. The molecule has 4 nitrogen and oxygen atoms in total. The van der Waals surface area contributed by atoms with Gasteiger partial charge in [-0.3, -0.25) is 4.79 Å². The molecular formula is C32H25Br2O4S2+. The van der Waals surface area contributed by atoms with Crippen LogP contribution in [0.4, 0.5) is 0 Å². The maximum Gasteiger partial charge on any atom is 0.254 e. The first-order valence-electron chi connectivity index (χ1n) is 12.3. The Balaban J connectivity index is 0.000000155. The number of aldehydes is 1. The van der Waals surface area contributed by atoms with Gasteiger partial charge in [0.15, 0.2) is 11.7 Å². The lowest BCUT2D eigenvalue weighted by Gasteiger charge is -2.11. The monoisotopic (exact) mass is 695 g/mol. The van der Waals surface area contributed by atoms with Crippen LogP contribution in [-0.4, -0.2) is 24.6 Å². The Morgan fingerprint density at radius 3 is 2.05 bits per heavy atom. The number of aliphatic hydroxyl groups is 1. The van der Waals surface area contributed by atoms with Gasteiger partial charge in [0.25, 0.3) is 4.48 Å². The molecular weight excluding hydrogens is 672 g/mol. The van der Waals surface area contributed by atoms with Crippen molar-refractivity contribution in [1.82, 2.24) is 0 Å². The molecule has 0 radical (unpaired) electrons. The number of fused-ring (bicyclic) bond motifs is 2. The summed E-state index contributed by atoms with van der Waals surface area (Å²) in [5, 5.41) is 14.6. The number of aliphatic hydroxyl groups excluding tert-OH is 1. The average molecular weight is 697 g/mol. The highest BCUT2D eigenvalue weighted by atomic mass is 79.9. The molecule has 4 aromatic carbocycles. The Bertz CT molecular complexity index is 1540. The molecule has 0 saturated carbocycles. The third kappa shape index (κ3) is 8.51. The van der Waals surface area contributed by atoms with E-state index in [2.05, 4.69) is 55.5 Å². The van der Waals surface area contributed by atoms with Gasteiger partial charge < -0.3 is 14.6 Å². The summed E-state index contributed by atoms with van der Waals surface area (Å²) in [6.07, 6.45) is 0.0921. The number of carbonyl (C=O) groups is 1. The van der Waals surface area contributed by atoms with Crippen molar-refractivity contribution >= 4 is 75.8 Å². The lowest BCUT2D eigenvalue weighted by molar-refractivity contribution is -0.109. The van der Waals surface area contributed by atoms with Crippen molar-refractivity contribution in [2.24, 2.45) is 0 Å². The van der Waals surface area contributed by atoms with Gasteiger partial charge in [0.1, 0.15) is 53.0 Å². The Kier molecular flexibility index (Phi) is 11.8. The Hall–Kier alpha value is -2.97. The van der Waals surface area contributed by atoms with Gasteiger partial charge in [0.05, 0.1) is 4.88 Å². The highest BCUT2D eigenvalue weighted by Gasteiger charge is 2.24. The number of para-hydroxylation sites is 2. The normalized spacial score (nSPS) is 11.9. The molecule has 1 aliphatic rings. The number of halogens is 2. The fraction of sp³-hybridized carbons (Fsp3) is 0.0938. The molecule has 0 spiro atoms. The summed E-state index contributed by atoms with van der Waals surface area (Å²) >= 11 is 10.2. The lowest BCUT2D eigenvalue weighted by Crippen LogP contribution is -2.08. The van der Waals surface area contributed by atoms with E-state index in [1.807, 2.05) is 91.0 Å². The minimum Gasteiger partial charge on any atom is -0.490 e. The summed E-state index contributed by atoms with van der Waals surface area (Å²) in [6, 6.07) is 35.1. The molecule has 0 bridgehead atoms. The molecule has 2 heterocycles. The second-order valence-corrected chi connectivity index (χ2v) is 11.7. The van der Waals surface area contributed by atoms with E-state index in [1.165, 1.54) is 10.5 Å². The van der Waals surface area contributed by atoms with Gasteiger partial charge in [-0.25, -0.2) is 0 Å². The van der Waals surface area contributed by atoms with Gasteiger partial charge in [-0.05, 0) is 58.4 Å². The summed E-state index contributed by atoms with van der Waals surface area (Å²) in [4.78, 5) is 12.0. The highest BCUT2D eigenvalue weighted by molar-refractivity contribution is 9.15. The smallest absolute Gasteiger partial charge is 0.254 e. The van der Waals surface area contributed by atoms with Crippen LogP contribution in [0.25, 0.3) is 14.6 Å². The molecule has 1 unspecified atom stereocenters. The van der Waals surface area contributed by atoms with Crippen LogP contribution in [0.1, 0.15) is 16.5 Å². The summed E-state index contributed by atoms with van der Waals surface area (Å²) in [5.41, 5.74) is 1.26. The van der Waals surface area contributed by atoms with Crippen LogP contribution in [-0.2, 0) is 4.79 Å². The van der Waals surface area contributed by atoms with E-state index < -0.39 is 6.10 Å². The SMILES string of the molecule is BrC1=[C+]Sc2ccccc21.O=CCOc1ccccc1.OC(COc1ccccc1)c1sc2ccccc2c1Br. The average Bonchev–Trinajstić information content (AvgIpc) is 3.56. The van der Waals surface area contributed by atoms with E-state index in [-0.39, 0.29) is 13.2 Å². The van der Waals surface area contributed by atoms with Crippen LogP contribution >= 0.6 is 55.0 Å². The summed E-state index contributed by atoms with van der Waals surface area (Å²) in [5.74, 6) is 1.50. The molecule has 1 atom stereocenters. The third-order valence-electron chi connectivity index (χ3n) is 5.45. The van der Waals surface area contributed by atoms with Gasteiger partial charge in [-0.15, -0.1) is 11.3 Å². The van der Waals surface area contributed by atoms with Crippen LogP contribution in [0, 0.1) is 5.41 Å². The molecule has 8 heteroatoms. The first-order valence-corrected chi connectivity index (χ1v) is 15.5.